The molecule has 0 bridgehead atoms. The van der Waals surface area contributed by atoms with Crippen LogP contribution >= 0.6 is 24.0 Å². The summed E-state index contributed by atoms with van der Waals surface area (Å²) in [4.78, 5) is 11.7. The number of hydrogen-bond acceptors (Lipinski definition) is 2. The first-order valence-corrected chi connectivity index (χ1v) is 5.62. The van der Waals surface area contributed by atoms with E-state index in [1.54, 1.807) is 18.2 Å². The second-order valence-electron chi connectivity index (χ2n) is 4.22. The van der Waals surface area contributed by atoms with Crippen molar-refractivity contribution in [3.05, 3.63) is 28.8 Å². The second-order valence-corrected chi connectivity index (χ2v) is 4.65. The highest BCUT2D eigenvalue weighted by molar-refractivity contribution is 6.30. The van der Waals surface area contributed by atoms with Crippen LogP contribution in [0.25, 0.3) is 0 Å². The third-order valence-electron chi connectivity index (χ3n) is 2.47. The van der Waals surface area contributed by atoms with Crippen molar-refractivity contribution in [2.75, 3.05) is 5.32 Å². The molecule has 0 spiro atoms. The van der Waals surface area contributed by atoms with E-state index in [2.05, 4.69) is 5.32 Å². The second kappa shape index (κ2) is 6.84. The molecule has 1 rings (SSSR count). The first-order valence-electron chi connectivity index (χ1n) is 5.24. The summed E-state index contributed by atoms with van der Waals surface area (Å²) >= 11 is 5.83. The van der Waals surface area contributed by atoms with Crippen molar-refractivity contribution < 1.29 is 4.79 Å². The monoisotopic (exact) mass is 276 g/mol. The Hall–Kier alpha value is -0.770. The van der Waals surface area contributed by atoms with Crippen molar-refractivity contribution in [2.45, 2.75) is 26.8 Å². The smallest absolute Gasteiger partial charge is 0.241 e. The molecule has 0 aromatic heterocycles. The van der Waals surface area contributed by atoms with Crippen molar-refractivity contribution in [3.8, 4) is 0 Å². The highest BCUT2D eigenvalue weighted by Crippen LogP contribution is 2.19. The molecule has 0 heterocycles. The molecule has 0 aliphatic rings. The molecule has 96 valence electrons. The average Bonchev–Trinajstić information content (AvgIpc) is 2.20. The van der Waals surface area contributed by atoms with E-state index >= 15 is 0 Å². The Morgan fingerprint density at radius 1 is 1.41 bits per heavy atom. The summed E-state index contributed by atoms with van der Waals surface area (Å²) < 4.78 is 0. The lowest BCUT2D eigenvalue weighted by Crippen LogP contribution is -2.39. The molecule has 0 fully saturated rings. The SMILES string of the molecule is Cc1cc(Cl)ccc1NC(=O)C(N)C(C)C.Cl. The van der Waals surface area contributed by atoms with Crippen LogP contribution in [0.1, 0.15) is 19.4 Å². The van der Waals surface area contributed by atoms with E-state index in [9.17, 15) is 4.79 Å². The van der Waals surface area contributed by atoms with Crippen LogP contribution in [-0.4, -0.2) is 11.9 Å². The quantitative estimate of drug-likeness (QED) is 0.892. The zero-order valence-electron chi connectivity index (χ0n) is 10.2. The highest BCUT2D eigenvalue weighted by atomic mass is 35.5. The molecule has 0 radical (unpaired) electrons. The normalized spacial score (nSPS) is 11.9. The fourth-order valence-corrected chi connectivity index (χ4v) is 1.51. The van der Waals surface area contributed by atoms with Gasteiger partial charge in [0.05, 0.1) is 6.04 Å². The van der Waals surface area contributed by atoms with Gasteiger partial charge in [0.1, 0.15) is 0 Å². The van der Waals surface area contributed by atoms with Crippen LogP contribution in [-0.2, 0) is 4.79 Å². The minimum absolute atomic E-state index is 0. The summed E-state index contributed by atoms with van der Waals surface area (Å²) in [5.74, 6) is -0.0481. The van der Waals surface area contributed by atoms with Gasteiger partial charge in [0, 0.05) is 10.7 Å². The van der Waals surface area contributed by atoms with E-state index in [1.807, 2.05) is 20.8 Å². The number of carbonyl (C=O) groups excluding carboxylic acids is 1. The largest absolute Gasteiger partial charge is 0.324 e. The Bertz CT molecular complexity index is 394. The zero-order valence-corrected chi connectivity index (χ0v) is 11.7. The lowest BCUT2D eigenvalue weighted by molar-refractivity contribution is -0.118. The maximum atomic E-state index is 11.7. The van der Waals surface area contributed by atoms with Crippen LogP contribution in [0.3, 0.4) is 0 Å². The maximum Gasteiger partial charge on any atom is 0.241 e. The van der Waals surface area contributed by atoms with E-state index in [4.69, 9.17) is 17.3 Å². The molecule has 1 amide bonds. The number of nitrogens with one attached hydrogen (secondary N) is 1. The molecule has 17 heavy (non-hydrogen) atoms. The number of nitrogens with two attached hydrogens (primary N) is 1. The van der Waals surface area contributed by atoms with Crippen molar-refractivity contribution in [3.63, 3.8) is 0 Å². The van der Waals surface area contributed by atoms with Crippen molar-refractivity contribution in [1.29, 1.82) is 0 Å². The molecule has 0 aliphatic carbocycles. The number of aryl methyl sites for hydroxylation is 1. The molecule has 1 atom stereocenters. The standard InChI is InChI=1S/C12H17ClN2O.ClH/c1-7(2)11(14)12(16)15-10-5-4-9(13)6-8(10)3;/h4-7,11H,14H2,1-3H3,(H,15,16);1H. The number of benzene rings is 1. The van der Waals surface area contributed by atoms with E-state index in [-0.39, 0.29) is 24.2 Å². The Morgan fingerprint density at radius 3 is 2.47 bits per heavy atom. The summed E-state index contributed by atoms with van der Waals surface area (Å²) in [6.45, 7) is 5.72. The zero-order chi connectivity index (χ0) is 12.3. The van der Waals surface area contributed by atoms with Crippen LogP contribution in [0.2, 0.25) is 5.02 Å². The highest BCUT2D eigenvalue weighted by Gasteiger charge is 2.17. The molecule has 1 aromatic rings. The number of hydrogen-bond donors (Lipinski definition) is 2. The number of carbonyl (C=O) groups is 1. The molecule has 0 saturated carbocycles. The molecule has 5 heteroatoms. The minimum atomic E-state index is -0.491. The molecular weight excluding hydrogens is 259 g/mol. The Kier molecular flexibility index (Phi) is 6.53. The van der Waals surface area contributed by atoms with E-state index in [0.717, 1.165) is 11.3 Å². The Morgan fingerprint density at radius 2 is 2.00 bits per heavy atom. The van der Waals surface area contributed by atoms with Gasteiger partial charge in [-0.2, -0.15) is 0 Å². The summed E-state index contributed by atoms with van der Waals surface area (Å²) in [7, 11) is 0. The van der Waals surface area contributed by atoms with Gasteiger partial charge < -0.3 is 11.1 Å². The Balaban J connectivity index is 0.00000256. The van der Waals surface area contributed by atoms with Crippen molar-refractivity contribution >= 4 is 35.6 Å². The molecule has 1 unspecified atom stereocenters. The lowest BCUT2D eigenvalue weighted by atomic mass is 10.0. The molecule has 0 aliphatic heterocycles. The van der Waals surface area contributed by atoms with Gasteiger partial charge in [-0.15, -0.1) is 12.4 Å². The van der Waals surface area contributed by atoms with E-state index in [0.29, 0.717) is 5.02 Å². The third kappa shape index (κ3) is 4.54. The van der Waals surface area contributed by atoms with Crippen LogP contribution in [0, 0.1) is 12.8 Å². The summed E-state index contributed by atoms with van der Waals surface area (Å²) in [5.41, 5.74) is 7.43. The Labute approximate surface area is 113 Å². The summed E-state index contributed by atoms with van der Waals surface area (Å²) in [5, 5.41) is 3.45. The predicted octanol–water partition coefficient (Wildman–Crippen LogP) is 2.99. The topological polar surface area (TPSA) is 55.1 Å². The van der Waals surface area contributed by atoms with Gasteiger partial charge in [-0.25, -0.2) is 0 Å². The molecule has 3 N–H and O–H groups in total. The predicted molar refractivity (Wildman–Crippen MR) is 74.9 cm³/mol. The molecular formula is C12H18Cl2N2O. The van der Waals surface area contributed by atoms with Crippen LogP contribution < -0.4 is 11.1 Å². The summed E-state index contributed by atoms with van der Waals surface area (Å²) in [6.07, 6.45) is 0. The first-order chi connectivity index (χ1) is 7.41. The minimum Gasteiger partial charge on any atom is -0.324 e. The van der Waals surface area contributed by atoms with Gasteiger partial charge in [-0.05, 0) is 36.6 Å². The van der Waals surface area contributed by atoms with Gasteiger partial charge in [0.15, 0.2) is 0 Å². The summed E-state index contributed by atoms with van der Waals surface area (Å²) in [6, 6.07) is 4.83. The van der Waals surface area contributed by atoms with Gasteiger partial charge in [-0.1, -0.05) is 25.4 Å². The van der Waals surface area contributed by atoms with Crippen LogP contribution in [0.5, 0.6) is 0 Å². The number of amides is 1. The average molecular weight is 277 g/mol. The van der Waals surface area contributed by atoms with Crippen LogP contribution in [0.4, 0.5) is 5.69 Å². The van der Waals surface area contributed by atoms with Gasteiger partial charge in [0.25, 0.3) is 0 Å². The van der Waals surface area contributed by atoms with Crippen molar-refractivity contribution in [2.24, 2.45) is 11.7 Å². The molecule has 0 saturated heterocycles. The van der Waals surface area contributed by atoms with Crippen molar-refractivity contribution in [1.82, 2.24) is 0 Å². The van der Waals surface area contributed by atoms with Gasteiger partial charge in [-0.3, -0.25) is 4.79 Å². The molecule has 1 aromatic carbocycles. The fraction of sp³-hybridized carbons (Fsp3) is 0.417. The number of rotatable bonds is 3. The number of anilines is 1. The number of halogens is 2. The fourth-order valence-electron chi connectivity index (χ4n) is 1.29. The third-order valence-corrected chi connectivity index (χ3v) is 2.70. The maximum absolute atomic E-state index is 11.7. The first kappa shape index (κ1) is 16.2. The van der Waals surface area contributed by atoms with E-state index < -0.39 is 6.04 Å². The lowest BCUT2D eigenvalue weighted by Gasteiger charge is -2.16. The van der Waals surface area contributed by atoms with Gasteiger partial charge >= 0.3 is 0 Å². The van der Waals surface area contributed by atoms with E-state index in [1.165, 1.54) is 0 Å². The molecule has 3 nitrogen and oxygen atoms in total. The van der Waals surface area contributed by atoms with Gasteiger partial charge in [0.2, 0.25) is 5.91 Å². The van der Waals surface area contributed by atoms with Crippen LogP contribution in [0.15, 0.2) is 18.2 Å².